The maximum absolute atomic E-state index is 12.6. The second-order valence-corrected chi connectivity index (χ2v) is 6.53. The van der Waals surface area contributed by atoms with E-state index in [1.54, 1.807) is 18.7 Å². The highest BCUT2D eigenvalue weighted by Crippen LogP contribution is 2.18. The lowest BCUT2D eigenvalue weighted by Gasteiger charge is -2.32. The number of rotatable bonds is 6. The fraction of sp³-hybridized carbons (Fsp3) is 0.588. The Morgan fingerprint density at radius 3 is 2.20 bits per heavy atom. The molecule has 1 rings (SSSR count). The van der Waals surface area contributed by atoms with Gasteiger partial charge in [0.1, 0.15) is 0 Å². The smallest absolute Gasteiger partial charge is 0.226 e. The molecule has 3 nitrogen and oxygen atoms in total. The van der Waals surface area contributed by atoms with Crippen LogP contribution in [0.25, 0.3) is 0 Å². The van der Waals surface area contributed by atoms with Gasteiger partial charge in [-0.3, -0.25) is 4.79 Å². The van der Waals surface area contributed by atoms with Crippen LogP contribution in [0.2, 0.25) is 0 Å². The molecule has 0 fully saturated rings. The fourth-order valence-electron chi connectivity index (χ4n) is 2.06. The lowest BCUT2D eigenvalue weighted by atomic mass is 9.95. The first-order chi connectivity index (χ1) is 9.20. The van der Waals surface area contributed by atoms with Gasteiger partial charge in [-0.1, -0.05) is 51.1 Å². The first kappa shape index (κ1) is 16.7. The molecule has 0 aromatic heterocycles. The number of nitrogens with zero attached hydrogens (tertiary/aromatic N) is 1. The van der Waals surface area contributed by atoms with Crippen LogP contribution in [0.15, 0.2) is 30.3 Å². The van der Waals surface area contributed by atoms with Gasteiger partial charge in [0.25, 0.3) is 0 Å². The van der Waals surface area contributed by atoms with E-state index in [-0.39, 0.29) is 11.8 Å². The number of carbonyl (C=O) groups excluding carboxylic acids is 1. The minimum Gasteiger partial charge on any atom is -0.389 e. The number of aliphatic hydroxyl groups is 1. The van der Waals surface area contributed by atoms with Crippen molar-refractivity contribution in [1.82, 2.24) is 4.90 Å². The molecule has 1 unspecified atom stereocenters. The molecule has 0 saturated heterocycles. The molecule has 112 valence electrons. The molecule has 1 aromatic rings. The summed E-state index contributed by atoms with van der Waals surface area (Å²) in [7, 11) is 0. The van der Waals surface area contributed by atoms with Crippen molar-refractivity contribution < 1.29 is 9.90 Å². The van der Waals surface area contributed by atoms with Gasteiger partial charge < -0.3 is 10.0 Å². The van der Waals surface area contributed by atoms with Gasteiger partial charge in [0.15, 0.2) is 0 Å². The fourth-order valence-corrected chi connectivity index (χ4v) is 2.06. The lowest BCUT2D eigenvalue weighted by Crippen LogP contribution is -2.44. The Hall–Kier alpha value is -1.35. The van der Waals surface area contributed by atoms with Gasteiger partial charge >= 0.3 is 0 Å². The maximum atomic E-state index is 12.6. The average Bonchev–Trinajstić information content (AvgIpc) is 2.35. The summed E-state index contributed by atoms with van der Waals surface area (Å²) in [6.45, 7) is 10.4. The van der Waals surface area contributed by atoms with E-state index in [1.165, 1.54) is 0 Å². The van der Waals surface area contributed by atoms with E-state index < -0.39 is 5.60 Å². The predicted octanol–water partition coefficient (Wildman–Crippen LogP) is 3.08. The van der Waals surface area contributed by atoms with E-state index in [4.69, 9.17) is 0 Å². The van der Waals surface area contributed by atoms with Crippen molar-refractivity contribution in [3.63, 3.8) is 0 Å². The number of benzene rings is 1. The van der Waals surface area contributed by atoms with Crippen LogP contribution in [0.4, 0.5) is 0 Å². The number of carbonyl (C=O) groups is 1. The van der Waals surface area contributed by atoms with Crippen LogP contribution in [0, 0.1) is 11.8 Å². The van der Waals surface area contributed by atoms with Crippen molar-refractivity contribution in [3.05, 3.63) is 35.9 Å². The summed E-state index contributed by atoms with van der Waals surface area (Å²) in [5.41, 5.74) is 0.197. The van der Waals surface area contributed by atoms with E-state index in [1.807, 2.05) is 51.1 Å². The van der Waals surface area contributed by atoms with Crippen LogP contribution in [-0.2, 0) is 11.3 Å². The number of hydrogen-bond donors (Lipinski definition) is 1. The van der Waals surface area contributed by atoms with Crippen LogP contribution in [0.5, 0.6) is 0 Å². The van der Waals surface area contributed by atoms with Crippen LogP contribution in [0.3, 0.4) is 0 Å². The van der Waals surface area contributed by atoms with Crippen molar-refractivity contribution in [3.8, 4) is 0 Å². The van der Waals surface area contributed by atoms with Crippen LogP contribution < -0.4 is 0 Å². The van der Waals surface area contributed by atoms with Crippen LogP contribution in [-0.4, -0.2) is 28.1 Å². The van der Waals surface area contributed by atoms with Gasteiger partial charge in [0.05, 0.1) is 5.60 Å². The van der Waals surface area contributed by atoms with Gasteiger partial charge in [-0.25, -0.2) is 0 Å². The Kier molecular flexibility index (Phi) is 5.75. The van der Waals surface area contributed by atoms with Crippen molar-refractivity contribution in [2.45, 2.75) is 46.8 Å². The highest BCUT2D eigenvalue weighted by Gasteiger charge is 2.27. The molecule has 20 heavy (non-hydrogen) atoms. The largest absolute Gasteiger partial charge is 0.389 e. The zero-order valence-electron chi connectivity index (χ0n) is 13.3. The summed E-state index contributed by atoms with van der Waals surface area (Å²) in [5.74, 6) is 0.356. The number of amides is 1. The highest BCUT2D eigenvalue weighted by atomic mass is 16.3. The Morgan fingerprint density at radius 1 is 1.20 bits per heavy atom. The predicted molar refractivity (Wildman–Crippen MR) is 82.2 cm³/mol. The molecular weight excluding hydrogens is 250 g/mol. The van der Waals surface area contributed by atoms with Gasteiger partial charge in [-0.2, -0.15) is 0 Å². The lowest BCUT2D eigenvalue weighted by molar-refractivity contribution is -0.140. The molecule has 0 aliphatic heterocycles. The Labute approximate surface area is 122 Å². The van der Waals surface area contributed by atoms with Crippen LogP contribution >= 0.6 is 0 Å². The average molecular weight is 277 g/mol. The minimum atomic E-state index is -0.888. The summed E-state index contributed by atoms with van der Waals surface area (Å²) in [6, 6.07) is 9.90. The van der Waals surface area contributed by atoms with Gasteiger partial charge in [-0.15, -0.1) is 0 Å². The minimum absolute atomic E-state index is 0.0407. The summed E-state index contributed by atoms with van der Waals surface area (Å²) in [5, 5.41) is 10.0. The molecule has 1 amide bonds. The monoisotopic (exact) mass is 277 g/mol. The zero-order valence-corrected chi connectivity index (χ0v) is 13.3. The summed E-state index contributed by atoms with van der Waals surface area (Å²) in [6.07, 6.45) is 0. The quantitative estimate of drug-likeness (QED) is 0.868. The molecule has 0 aliphatic rings. The zero-order chi connectivity index (χ0) is 15.3. The molecular formula is C17H27NO2. The third-order valence-corrected chi connectivity index (χ3v) is 3.50. The Bertz CT molecular complexity index is 420. The third-order valence-electron chi connectivity index (χ3n) is 3.50. The molecule has 0 spiro atoms. The maximum Gasteiger partial charge on any atom is 0.226 e. The van der Waals surface area contributed by atoms with Crippen molar-refractivity contribution in [2.75, 3.05) is 6.54 Å². The first-order valence-electron chi connectivity index (χ1n) is 7.26. The van der Waals surface area contributed by atoms with E-state index in [0.29, 0.717) is 19.0 Å². The van der Waals surface area contributed by atoms with E-state index >= 15 is 0 Å². The standard InChI is InChI=1S/C17H27NO2/c1-13(2)14(3)16(19)18(12-17(4,5)20)11-15-9-7-6-8-10-15/h6-10,13-14,20H,11-12H2,1-5H3. The van der Waals surface area contributed by atoms with Gasteiger partial charge in [0, 0.05) is 19.0 Å². The third kappa shape index (κ3) is 5.33. The van der Waals surface area contributed by atoms with E-state index in [2.05, 4.69) is 0 Å². The molecule has 3 heteroatoms. The second kappa shape index (κ2) is 6.89. The molecule has 1 N–H and O–H groups in total. The summed E-state index contributed by atoms with van der Waals surface area (Å²) >= 11 is 0. The van der Waals surface area contributed by atoms with Crippen LogP contribution in [0.1, 0.15) is 40.2 Å². The first-order valence-corrected chi connectivity index (χ1v) is 7.26. The van der Waals surface area contributed by atoms with E-state index in [0.717, 1.165) is 5.56 Å². The summed E-state index contributed by atoms with van der Waals surface area (Å²) in [4.78, 5) is 14.3. The molecule has 0 aliphatic carbocycles. The van der Waals surface area contributed by atoms with E-state index in [9.17, 15) is 9.90 Å². The molecule has 1 aromatic carbocycles. The Balaban J connectivity index is 2.88. The summed E-state index contributed by atoms with van der Waals surface area (Å²) < 4.78 is 0. The second-order valence-electron chi connectivity index (χ2n) is 6.53. The van der Waals surface area contributed by atoms with Crippen molar-refractivity contribution in [2.24, 2.45) is 11.8 Å². The van der Waals surface area contributed by atoms with Crippen molar-refractivity contribution in [1.29, 1.82) is 0 Å². The van der Waals surface area contributed by atoms with Gasteiger partial charge in [-0.05, 0) is 25.3 Å². The topological polar surface area (TPSA) is 40.5 Å². The van der Waals surface area contributed by atoms with Gasteiger partial charge in [0.2, 0.25) is 5.91 Å². The normalized spacial score (nSPS) is 13.3. The molecule has 0 heterocycles. The molecule has 0 bridgehead atoms. The SMILES string of the molecule is CC(C)C(C)C(=O)N(Cc1ccccc1)CC(C)(C)O. The highest BCUT2D eigenvalue weighted by molar-refractivity contribution is 5.78. The molecule has 0 saturated carbocycles. The van der Waals surface area contributed by atoms with Crippen molar-refractivity contribution >= 4 is 5.91 Å². The molecule has 1 atom stereocenters. The molecule has 0 radical (unpaired) electrons. The Morgan fingerprint density at radius 2 is 1.75 bits per heavy atom. The number of hydrogen-bond acceptors (Lipinski definition) is 2.